The van der Waals surface area contributed by atoms with Crippen LogP contribution in [0.4, 0.5) is 0 Å². The van der Waals surface area contributed by atoms with Gasteiger partial charge < -0.3 is 15.0 Å². The molecule has 1 saturated heterocycles. The monoisotopic (exact) mass is 423 g/mol. The van der Waals surface area contributed by atoms with Crippen LogP contribution >= 0.6 is 0 Å². The van der Waals surface area contributed by atoms with Crippen LogP contribution in [-0.2, 0) is 9.53 Å². The summed E-state index contributed by atoms with van der Waals surface area (Å²) in [6, 6.07) is 9.53. The summed E-state index contributed by atoms with van der Waals surface area (Å²) < 4.78 is 6.01. The van der Waals surface area contributed by atoms with Crippen molar-refractivity contribution in [2.75, 3.05) is 26.2 Å². The number of para-hydroxylation sites is 1. The highest BCUT2D eigenvalue weighted by Crippen LogP contribution is 2.30. The predicted octanol–water partition coefficient (Wildman–Crippen LogP) is 4.10. The van der Waals surface area contributed by atoms with Gasteiger partial charge >= 0.3 is 0 Å². The third-order valence-electron chi connectivity index (χ3n) is 6.34. The number of aromatic nitrogens is 1. The molecule has 6 nitrogen and oxygen atoms in total. The van der Waals surface area contributed by atoms with Crippen molar-refractivity contribution in [2.45, 2.75) is 52.1 Å². The molecule has 2 aromatic rings. The highest BCUT2D eigenvalue weighted by atomic mass is 16.5. The molecule has 4 rings (SSSR count). The maximum atomic E-state index is 12.9. The van der Waals surface area contributed by atoms with Crippen molar-refractivity contribution >= 4 is 22.7 Å². The molecule has 166 valence electrons. The van der Waals surface area contributed by atoms with Crippen LogP contribution < -0.4 is 5.32 Å². The third kappa shape index (κ3) is 5.24. The van der Waals surface area contributed by atoms with E-state index in [1.165, 1.54) is 25.7 Å². The Morgan fingerprint density at radius 2 is 2.00 bits per heavy atom. The molecular weight excluding hydrogens is 390 g/mol. The number of ether oxygens (including phenoxy) is 1. The quantitative estimate of drug-likeness (QED) is 0.759. The first-order valence-electron chi connectivity index (χ1n) is 11.6. The van der Waals surface area contributed by atoms with E-state index >= 15 is 0 Å². The molecule has 1 atom stereocenters. The summed E-state index contributed by atoms with van der Waals surface area (Å²) in [5.74, 6) is 1.02. The molecule has 1 aromatic heterocycles. The van der Waals surface area contributed by atoms with Crippen molar-refractivity contribution in [3.05, 3.63) is 41.6 Å². The maximum absolute atomic E-state index is 12.9. The summed E-state index contributed by atoms with van der Waals surface area (Å²) in [4.78, 5) is 32.5. The van der Waals surface area contributed by atoms with Gasteiger partial charge in [-0.15, -0.1) is 0 Å². The number of rotatable bonds is 6. The number of carbonyl (C=O) groups excluding carboxylic acids is 2. The zero-order valence-corrected chi connectivity index (χ0v) is 18.6. The van der Waals surface area contributed by atoms with Crippen molar-refractivity contribution in [1.82, 2.24) is 15.2 Å². The van der Waals surface area contributed by atoms with E-state index in [4.69, 9.17) is 9.72 Å². The minimum atomic E-state index is -0.317. The first-order chi connectivity index (χ1) is 15.0. The van der Waals surface area contributed by atoms with E-state index in [2.05, 4.69) is 19.2 Å². The summed E-state index contributed by atoms with van der Waals surface area (Å²) in [6.45, 7) is 6.37. The Morgan fingerprint density at radius 3 is 2.77 bits per heavy atom. The van der Waals surface area contributed by atoms with Gasteiger partial charge in [0.25, 0.3) is 5.91 Å². The van der Waals surface area contributed by atoms with E-state index in [0.717, 1.165) is 10.9 Å². The van der Waals surface area contributed by atoms with Crippen LogP contribution in [0.2, 0.25) is 0 Å². The molecule has 1 N–H and O–H groups in total. The largest absolute Gasteiger partial charge is 0.368 e. The molecule has 0 spiro atoms. The van der Waals surface area contributed by atoms with Gasteiger partial charge in [0.1, 0.15) is 6.10 Å². The molecule has 1 aliphatic carbocycles. The Balaban J connectivity index is 1.55. The molecule has 6 heteroatoms. The fourth-order valence-electron chi connectivity index (χ4n) is 4.59. The van der Waals surface area contributed by atoms with Crippen LogP contribution in [0.5, 0.6) is 0 Å². The van der Waals surface area contributed by atoms with E-state index in [0.29, 0.717) is 55.8 Å². The van der Waals surface area contributed by atoms with Gasteiger partial charge in [0, 0.05) is 24.9 Å². The van der Waals surface area contributed by atoms with Gasteiger partial charge in [0.15, 0.2) is 0 Å². The van der Waals surface area contributed by atoms with E-state index in [9.17, 15) is 9.59 Å². The molecule has 1 aromatic carbocycles. The van der Waals surface area contributed by atoms with Crippen molar-refractivity contribution in [1.29, 1.82) is 0 Å². The standard InChI is InChI=1S/C25H33N3O3/c1-17(2)15-26-25(30)20-14-22(27-21-10-6-5-9-19(20)21)23-16-28(11-12-31-23)24(29)13-18-7-3-4-8-18/h5-6,9-10,14,17-18,23H,3-4,7-8,11-13,15-16H2,1-2H3,(H,26,30). The van der Waals surface area contributed by atoms with Gasteiger partial charge in [0.2, 0.25) is 5.91 Å². The molecule has 1 unspecified atom stereocenters. The van der Waals surface area contributed by atoms with Crippen LogP contribution in [0.3, 0.4) is 0 Å². The topological polar surface area (TPSA) is 71.5 Å². The van der Waals surface area contributed by atoms with Crippen molar-refractivity contribution in [3.63, 3.8) is 0 Å². The van der Waals surface area contributed by atoms with E-state index in [-0.39, 0.29) is 17.9 Å². The lowest BCUT2D eigenvalue weighted by atomic mass is 10.0. The van der Waals surface area contributed by atoms with Gasteiger partial charge in [-0.2, -0.15) is 0 Å². The van der Waals surface area contributed by atoms with Gasteiger partial charge in [-0.3, -0.25) is 9.59 Å². The normalized spacial score (nSPS) is 19.8. The second kappa shape index (κ2) is 9.77. The number of hydrogen-bond donors (Lipinski definition) is 1. The third-order valence-corrected chi connectivity index (χ3v) is 6.34. The minimum absolute atomic E-state index is 0.0986. The fourth-order valence-corrected chi connectivity index (χ4v) is 4.59. The Morgan fingerprint density at radius 1 is 1.23 bits per heavy atom. The second-order valence-corrected chi connectivity index (χ2v) is 9.27. The average molecular weight is 424 g/mol. The highest BCUT2D eigenvalue weighted by molar-refractivity contribution is 6.06. The SMILES string of the molecule is CC(C)CNC(=O)c1cc(C2CN(C(=O)CC3CCCC3)CCO2)nc2ccccc12. The van der Waals surface area contributed by atoms with Gasteiger partial charge in [0.05, 0.1) is 29.9 Å². The number of nitrogens with zero attached hydrogens (tertiary/aromatic N) is 2. The molecule has 2 heterocycles. The first kappa shape index (κ1) is 21.8. The fraction of sp³-hybridized carbons (Fsp3) is 0.560. The molecule has 1 saturated carbocycles. The number of pyridine rings is 1. The number of hydrogen-bond acceptors (Lipinski definition) is 4. The Hall–Kier alpha value is -2.47. The Bertz CT molecular complexity index is 937. The molecule has 31 heavy (non-hydrogen) atoms. The molecule has 2 fully saturated rings. The Labute approximate surface area is 184 Å². The van der Waals surface area contributed by atoms with Crippen molar-refractivity contribution < 1.29 is 14.3 Å². The average Bonchev–Trinajstić information content (AvgIpc) is 3.29. The summed E-state index contributed by atoms with van der Waals surface area (Å²) in [5.41, 5.74) is 2.10. The molecule has 0 radical (unpaired) electrons. The first-order valence-corrected chi connectivity index (χ1v) is 11.6. The smallest absolute Gasteiger partial charge is 0.252 e. The van der Waals surface area contributed by atoms with E-state index in [1.54, 1.807) is 0 Å². The van der Waals surface area contributed by atoms with Gasteiger partial charge in [-0.1, -0.05) is 44.9 Å². The molecular formula is C25H33N3O3. The van der Waals surface area contributed by atoms with Crippen molar-refractivity contribution in [2.24, 2.45) is 11.8 Å². The van der Waals surface area contributed by atoms with Crippen molar-refractivity contribution in [3.8, 4) is 0 Å². The zero-order valence-electron chi connectivity index (χ0n) is 18.6. The summed E-state index contributed by atoms with van der Waals surface area (Å²) in [6.07, 6.45) is 5.14. The lowest BCUT2D eigenvalue weighted by molar-refractivity contribution is -0.140. The predicted molar refractivity (Wildman–Crippen MR) is 121 cm³/mol. The van der Waals surface area contributed by atoms with Crippen LogP contribution in [-0.4, -0.2) is 47.9 Å². The van der Waals surface area contributed by atoms with E-state index < -0.39 is 0 Å². The van der Waals surface area contributed by atoms with Gasteiger partial charge in [-0.25, -0.2) is 4.98 Å². The lowest BCUT2D eigenvalue weighted by Crippen LogP contribution is -2.43. The molecule has 1 aliphatic heterocycles. The second-order valence-electron chi connectivity index (χ2n) is 9.27. The van der Waals surface area contributed by atoms with E-state index in [1.807, 2.05) is 35.2 Å². The summed E-state index contributed by atoms with van der Waals surface area (Å²) >= 11 is 0. The zero-order chi connectivity index (χ0) is 21.8. The summed E-state index contributed by atoms with van der Waals surface area (Å²) in [7, 11) is 0. The minimum Gasteiger partial charge on any atom is -0.368 e. The Kier molecular flexibility index (Phi) is 6.86. The van der Waals surface area contributed by atoms with Crippen LogP contribution in [0.25, 0.3) is 10.9 Å². The number of amides is 2. The highest BCUT2D eigenvalue weighted by Gasteiger charge is 2.29. The van der Waals surface area contributed by atoms with Crippen LogP contribution in [0.1, 0.15) is 68.1 Å². The maximum Gasteiger partial charge on any atom is 0.252 e. The van der Waals surface area contributed by atoms with Crippen LogP contribution in [0, 0.1) is 11.8 Å². The number of morpholine rings is 1. The lowest BCUT2D eigenvalue weighted by Gasteiger charge is -2.33. The number of fused-ring (bicyclic) bond motifs is 1. The number of benzene rings is 1. The molecule has 2 amide bonds. The van der Waals surface area contributed by atoms with Crippen LogP contribution in [0.15, 0.2) is 30.3 Å². The molecule has 0 bridgehead atoms. The number of nitrogens with one attached hydrogen (secondary N) is 1. The number of carbonyl (C=O) groups is 2. The van der Waals surface area contributed by atoms with Gasteiger partial charge in [-0.05, 0) is 36.8 Å². The summed E-state index contributed by atoms with van der Waals surface area (Å²) in [5, 5.41) is 3.85. The molecule has 2 aliphatic rings.